The minimum Gasteiger partial charge on any atom is -0.396 e. The zero-order valence-electron chi connectivity index (χ0n) is 11.4. The van der Waals surface area contributed by atoms with Gasteiger partial charge in [-0.1, -0.05) is 20.8 Å². The first-order chi connectivity index (χ1) is 8.54. The number of nitrogens with zero attached hydrogens (tertiary/aromatic N) is 1. The average molecular weight is 246 g/mol. The van der Waals surface area contributed by atoms with Crippen LogP contribution in [-0.2, 0) is 0 Å². The fourth-order valence-electron chi connectivity index (χ4n) is 2.62. The Morgan fingerprint density at radius 3 is 2.83 bits per heavy atom. The van der Waals surface area contributed by atoms with Crippen molar-refractivity contribution >= 4 is 11.0 Å². The van der Waals surface area contributed by atoms with Gasteiger partial charge in [0.25, 0.3) is 0 Å². The number of hydrogen-bond donors (Lipinski definition) is 2. The molecule has 2 rings (SSSR count). The lowest BCUT2D eigenvalue weighted by atomic mass is 9.74. The molecule has 0 aliphatic rings. The van der Waals surface area contributed by atoms with Crippen LogP contribution >= 0.6 is 0 Å². The molecule has 3 heteroatoms. The molecule has 0 bridgehead atoms. The van der Waals surface area contributed by atoms with Crippen LogP contribution in [-0.4, -0.2) is 21.7 Å². The summed E-state index contributed by atoms with van der Waals surface area (Å²) in [6.07, 6.45) is 5.73. The molecule has 3 nitrogen and oxygen atoms in total. The van der Waals surface area contributed by atoms with Crippen molar-refractivity contribution in [2.45, 2.75) is 39.5 Å². The molecule has 1 unspecified atom stereocenters. The van der Waals surface area contributed by atoms with Gasteiger partial charge in [-0.05, 0) is 41.9 Å². The zero-order valence-corrected chi connectivity index (χ0v) is 11.4. The molecule has 0 fully saturated rings. The molecule has 2 aromatic heterocycles. The zero-order chi connectivity index (χ0) is 13.2. The van der Waals surface area contributed by atoms with Gasteiger partial charge >= 0.3 is 0 Å². The third-order valence-corrected chi connectivity index (χ3v) is 3.55. The van der Waals surface area contributed by atoms with E-state index in [2.05, 4.69) is 43.0 Å². The maximum atomic E-state index is 9.07. The van der Waals surface area contributed by atoms with Crippen LogP contribution in [0.15, 0.2) is 24.5 Å². The summed E-state index contributed by atoms with van der Waals surface area (Å²) in [5.41, 5.74) is 2.45. The molecule has 2 heterocycles. The first-order valence-corrected chi connectivity index (χ1v) is 6.57. The summed E-state index contributed by atoms with van der Waals surface area (Å²) in [6, 6.07) is 4.09. The molecule has 98 valence electrons. The van der Waals surface area contributed by atoms with Crippen molar-refractivity contribution in [3.63, 3.8) is 0 Å². The van der Waals surface area contributed by atoms with Crippen LogP contribution in [0, 0.1) is 5.41 Å². The SMILES string of the molecule is CC(C)(C)C(CCCO)c1c[nH]c2ncccc12. The molecule has 0 aliphatic carbocycles. The minimum absolute atomic E-state index is 0.181. The van der Waals surface area contributed by atoms with Crippen molar-refractivity contribution < 1.29 is 5.11 Å². The Hall–Kier alpha value is -1.35. The predicted octanol–water partition coefficient (Wildman–Crippen LogP) is 3.47. The summed E-state index contributed by atoms with van der Waals surface area (Å²) in [4.78, 5) is 7.59. The molecule has 18 heavy (non-hydrogen) atoms. The number of H-pyrrole nitrogens is 1. The number of rotatable bonds is 4. The number of aromatic amines is 1. The molecule has 0 saturated carbocycles. The summed E-state index contributed by atoms with van der Waals surface area (Å²) in [5.74, 6) is 0.433. The van der Waals surface area contributed by atoms with Crippen molar-refractivity contribution in [1.82, 2.24) is 9.97 Å². The van der Waals surface area contributed by atoms with E-state index in [-0.39, 0.29) is 12.0 Å². The second-order valence-corrected chi connectivity index (χ2v) is 5.93. The lowest BCUT2D eigenvalue weighted by Crippen LogP contribution is -2.18. The molecular formula is C15H22N2O. The van der Waals surface area contributed by atoms with Gasteiger partial charge < -0.3 is 10.1 Å². The van der Waals surface area contributed by atoms with Crippen molar-refractivity contribution in [1.29, 1.82) is 0 Å². The van der Waals surface area contributed by atoms with Crippen molar-refractivity contribution in [3.8, 4) is 0 Å². The van der Waals surface area contributed by atoms with Crippen LogP contribution in [0.2, 0.25) is 0 Å². The van der Waals surface area contributed by atoms with Gasteiger partial charge in [0, 0.05) is 24.4 Å². The van der Waals surface area contributed by atoms with E-state index in [4.69, 9.17) is 5.11 Å². The molecule has 0 amide bonds. The van der Waals surface area contributed by atoms with Crippen LogP contribution in [0.25, 0.3) is 11.0 Å². The maximum absolute atomic E-state index is 9.07. The molecule has 0 saturated heterocycles. The second-order valence-electron chi connectivity index (χ2n) is 5.93. The van der Waals surface area contributed by atoms with E-state index in [1.807, 2.05) is 12.3 Å². The summed E-state index contributed by atoms with van der Waals surface area (Å²) in [6.45, 7) is 7.02. The smallest absolute Gasteiger partial charge is 0.137 e. The highest BCUT2D eigenvalue weighted by molar-refractivity contribution is 5.80. The summed E-state index contributed by atoms with van der Waals surface area (Å²) in [7, 11) is 0. The number of fused-ring (bicyclic) bond motifs is 1. The third-order valence-electron chi connectivity index (χ3n) is 3.55. The Morgan fingerprint density at radius 2 is 2.17 bits per heavy atom. The Labute approximate surface area is 108 Å². The summed E-state index contributed by atoms with van der Waals surface area (Å²) >= 11 is 0. The van der Waals surface area contributed by atoms with Gasteiger partial charge in [0.05, 0.1) is 0 Å². The highest BCUT2D eigenvalue weighted by Crippen LogP contribution is 2.41. The molecule has 2 aromatic rings. The van der Waals surface area contributed by atoms with Gasteiger partial charge in [-0.3, -0.25) is 0 Å². The van der Waals surface area contributed by atoms with Gasteiger partial charge in [-0.15, -0.1) is 0 Å². The van der Waals surface area contributed by atoms with Gasteiger partial charge in [-0.2, -0.15) is 0 Å². The van der Waals surface area contributed by atoms with E-state index in [9.17, 15) is 0 Å². The van der Waals surface area contributed by atoms with Crippen LogP contribution in [0.5, 0.6) is 0 Å². The molecule has 1 atom stereocenters. The number of aliphatic hydroxyl groups excluding tert-OH is 1. The lowest BCUT2D eigenvalue weighted by molar-refractivity contribution is 0.247. The predicted molar refractivity (Wildman–Crippen MR) is 74.6 cm³/mol. The van der Waals surface area contributed by atoms with E-state index in [1.165, 1.54) is 10.9 Å². The second kappa shape index (κ2) is 5.11. The van der Waals surface area contributed by atoms with Crippen LogP contribution in [0.3, 0.4) is 0 Å². The van der Waals surface area contributed by atoms with Gasteiger partial charge in [0.1, 0.15) is 5.65 Å². The fourth-order valence-corrected chi connectivity index (χ4v) is 2.62. The number of hydrogen-bond acceptors (Lipinski definition) is 2. The van der Waals surface area contributed by atoms with E-state index in [1.54, 1.807) is 0 Å². The number of pyridine rings is 1. The van der Waals surface area contributed by atoms with Crippen LogP contribution in [0.1, 0.15) is 45.1 Å². The normalized spacial score (nSPS) is 14.0. The van der Waals surface area contributed by atoms with Gasteiger partial charge in [-0.25, -0.2) is 4.98 Å². The number of aliphatic hydroxyl groups is 1. The first kappa shape index (κ1) is 13.1. The fraction of sp³-hybridized carbons (Fsp3) is 0.533. The molecule has 0 aromatic carbocycles. The number of nitrogens with one attached hydrogen (secondary N) is 1. The largest absolute Gasteiger partial charge is 0.396 e. The standard InChI is InChI=1S/C15H22N2O/c1-15(2,3)13(7-5-9-18)12-10-17-14-11(12)6-4-8-16-14/h4,6,8,10,13,18H,5,7,9H2,1-3H3,(H,16,17). The average Bonchev–Trinajstić information content (AvgIpc) is 2.72. The highest BCUT2D eigenvalue weighted by atomic mass is 16.2. The monoisotopic (exact) mass is 246 g/mol. The molecule has 0 spiro atoms. The van der Waals surface area contributed by atoms with E-state index in [0.29, 0.717) is 5.92 Å². The summed E-state index contributed by atoms with van der Waals surface area (Å²) < 4.78 is 0. The van der Waals surface area contributed by atoms with Crippen LogP contribution in [0.4, 0.5) is 0 Å². The Kier molecular flexibility index (Phi) is 3.71. The molecule has 0 radical (unpaired) electrons. The van der Waals surface area contributed by atoms with Crippen molar-refractivity contribution in [2.75, 3.05) is 6.61 Å². The minimum atomic E-state index is 0.181. The third kappa shape index (κ3) is 2.56. The Balaban J connectivity index is 2.41. The Morgan fingerprint density at radius 1 is 1.39 bits per heavy atom. The maximum Gasteiger partial charge on any atom is 0.137 e. The quantitative estimate of drug-likeness (QED) is 0.868. The van der Waals surface area contributed by atoms with Crippen molar-refractivity contribution in [2.24, 2.45) is 5.41 Å². The Bertz CT molecular complexity index is 510. The van der Waals surface area contributed by atoms with Gasteiger partial charge in [0.2, 0.25) is 0 Å². The van der Waals surface area contributed by atoms with Gasteiger partial charge in [0.15, 0.2) is 0 Å². The molecule has 2 N–H and O–H groups in total. The first-order valence-electron chi connectivity index (χ1n) is 6.57. The van der Waals surface area contributed by atoms with Crippen molar-refractivity contribution in [3.05, 3.63) is 30.1 Å². The molecule has 0 aliphatic heterocycles. The highest BCUT2D eigenvalue weighted by Gasteiger charge is 2.27. The molecular weight excluding hydrogens is 224 g/mol. The van der Waals surface area contributed by atoms with E-state index in [0.717, 1.165) is 18.5 Å². The van der Waals surface area contributed by atoms with E-state index < -0.39 is 0 Å². The topological polar surface area (TPSA) is 48.9 Å². The number of aromatic nitrogens is 2. The summed E-state index contributed by atoms with van der Waals surface area (Å²) in [5, 5.41) is 10.3. The van der Waals surface area contributed by atoms with E-state index >= 15 is 0 Å². The lowest BCUT2D eigenvalue weighted by Gasteiger charge is -2.30. The van der Waals surface area contributed by atoms with Crippen LogP contribution < -0.4 is 0 Å².